The van der Waals surface area contributed by atoms with E-state index in [-0.39, 0.29) is 24.2 Å². The Labute approximate surface area is 259 Å². The summed E-state index contributed by atoms with van der Waals surface area (Å²) < 4.78 is 24.6. The zero-order valence-electron chi connectivity index (χ0n) is 25.6. The number of likely N-dealkylation sites (tertiary alicyclic amines) is 1. The number of hydrogen-bond acceptors (Lipinski definition) is 9. The monoisotopic (exact) mass is 619 g/mol. The lowest BCUT2D eigenvalue weighted by Gasteiger charge is -2.25. The predicted octanol–water partition coefficient (Wildman–Crippen LogP) is 3.60. The van der Waals surface area contributed by atoms with Crippen molar-refractivity contribution in [3.8, 4) is 17.2 Å². The third-order valence-corrected chi connectivity index (χ3v) is 8.37. The molecule has 1 atom stereocenters. The van der Waals surface area contributed by atoms with Crippen LogP contribution < -0.4 is 29.1 Å². The van der Waals surface area contributed by atoms with Gasteiger partial charge in [0.05, 0.1) is 41.7 Å². The van der Waals surface area contributed by atoms with Gasteiger partial charge in [-0.2, -0.15) is 0 Å². The van der Waals surface area contributed by atoms with E-state index >= 15 is 0 Å². The average Bonchev–Trinajstić information content (AvgIpc) is 3.64. The van der Waals surface area contributed by atoms with Gasteiger partial charge in [0.15, 0.2) is 22.9 Å². The van der Waals surface area contributed by atoms with Crippen molar-refractivity contribution >= 4 is 29.3 Å². The first-order chi connectivity index (χ1) is 21.2. The maximum atomic E-state index is 14.0. The largest absolute Gasteiger partial charge is 0.497 e. The molecule has 232 valence electrons. The van der Waals surface area contributed by atoms with E-state index in [1.165, 1.54) is 11.3 Å². The number of ether oxygens (including phenoxy) is 4. The number of thiazole rings is 1. The molecule has 10 nitrogen and oxygen atoms in total. The number of fused-ring (bicyclic) bond motifs is 1. The molecule has 11 heteroatoms. The van der Waals surface area contributed by atoms with Crippen molar-refractivity contribution in [2.75, 3.05) is 33.4 Å². The van der Waals surface area contributed by atoms with Gasteiger partial charge >= 0.3 is 5.97 Å². The molecule has 44 heavy (non-hydrogen) atoms. The highest BCUT2D eigenvalue weighted by atomic mass is 32.1. The van der Waals surface area contributed by atoms with Crippen molar-refractivity contribution in [1.29, 1.82) is 0 Å². The van der Waals surface area contributed by atoms with Gasteiger partial charge in [0.25, 0.3) is 11.5 Å². The summed E-state index contributed by atoms with van der Waals surface area (Å²) in [4.78, 5) is 46.7. The van der Waals surface area contributed by atoms with Crippen molar-refractivity contribution in [2.24, 2.45) is 4.99 Å². The third kappa shape index (κ3) is 6.57. The number of carbonyl (C=O) groups is 2. The van der Waals surface area contributed by atoms with Gasteiger partial charge in [-0.3, -0.25) is 14.2 Å². The highest BCUT2D eigenvalue weighted by Crippen LogP contribution is 2.32. The van der Waals surface area contributed by atoms with Crippen LogP contribution in [0.15, 0.2) is 63.5 Å². The molecular weight excluding hydrogens is 582 g/mol. The molecule has 3 aromatic rings. The van der Waals surface area contributed by atoms with E-state index in [1.807, 2.05) is 30.0 Å². The number of nitrogens with zero attached hydrogens (tertiary/aromatic N) is 3. The molecule has 0 unspecified atom stereocenters. The van der Waals surface area contributed by atoms with E-state index in [2.05, 4.69) is 4.99 Å². The molecule has 0 saturated carbocycles. The fourth-order valence-electron chi connectivity index (χ4n) is 5.31. The van der Waals surface area contributed by atoms with E-state index in [4.69, 9.17) is 18.9 Å². The fraction of sp³-hybridized carbons (Fsp3) is 0.394. The van der Waals surface area contributed by atoms with Crippen LogP contribution in [0.3, 0.4) is 0 Å². The quantitative estimate of drug-likeness (QED) is 0.319. The molecule has 2 aromatic carbocycles. The van der Waals surface area contributed by atoms with E-state index in [9.17, 15) is 14.4 Å². The predicted molar refractivity (Wildman–Crippen MR) is 167 cm³/mol. The summed E-state index contributed by atoms with van der Waals surface area (Å²) in [5.41, 5.74) is 1.96. The number of amides is 1. The van der Waals surface area contributed by atoms with Crippen LogP contribution in [-0.2, 0) is 14.3 Å². The number of hydrogen-bond donors (Lipinski definition) is 0. The Kier molecular flexibility index (Phi) is 9.53. The normalized spacial score (nSPS) is 16.5. The summed E-state index contributed by atoms with van der Waals surface area (Å²) >= 11 is 1.24. The molecule has 0 radical (unpaired) electrons. The second-order valence-electron chi connectivity index (χ2n) is 10.8. The van der Waals surface area contributed by atoms with Gasteiger partial charge in [-0.15, -0.1) is 0 Å². The van der Waals surface area contributed by atoms with E-state index in [0.29, 0.717) is 50.0 Å². The number of carbonyl (C=O) groups excluding carboxylic acids is 2. The lowest BCUT2D eigenvalue weighted by Crippen LogP contribution is -2.40. The smallest absolute Gasteiger partial charge is 0.338 e. The van der Waals surface area contributed by atoms with E-state index in [0.717, 1.165) is 31.5 Å². The van der Waals surface area contributed by atoms with Gasteiger partial charge < -0.3 is 23.8 Å². The summed E-state index contributed by atoms with van der Waals surface area (Å²) in [6, 6.07) is 11.9. The van der Waals surface area contributed by atoms with Crippen LogP contribution in [0.5, 0.6) is 17.2 Å². The molecule has 2 aliphatic heterocycles. The molecule has 3 heterocycles. The highest BCUT2D eigenvalue weighted by molar-refractivity contribution is 7.07. The fourth-order valence-corrected chi connectivity index (χ4v) is 6.36. The maximum Gasteiger partial charge on any atom is 0.338 e. The van der Waals surface area contributed by atoms with Crippen LogP contribution in [0.4, 0.5) is 0 Å². The lowest BCUT2D eigenvalue weighted by atomic mass is 9.96. The Hall–Kier alpha value is -4.38. The van der Waals surface area contributed by atoms with Gasteiger partial charge in [0, 0.05) is 13.1 Å². The second kappa shape index (κ2) is 13.5. The first kappa shape index (κ1) is 31.1. The van der Waals surface area contributed by atoms with Crippen LogP contribution in [0.1, 0.15) is 57.7 Å². The van der Waals surface area contributed by atoms with Crippen LogP contribution in [0.2, 0.25) is 0 Å². The number of methoxy groups -OCH3 is 1. The summed E-state index contributed by atoms with van der Waals surface area (Å²) in [5.74, 6) is 1.03. The summed E-state index contributed by atoms with van der Waals surface area (Å²) in [7, 11) is 1.58. The third-order valence-electron chi connectivity index (χ3n) is 7.39. The maximum absolute atomic E-state index is 14.0. The van der Waals surface area contributed by atoms with Gasteiger partial charge in [-0.1, -0.05) is 29.5 Å². The molecule has 1 amide bonds. The zero-order valence-corrected chi connectivity index (χ0v) is 26.4. The molecule has 2 aliphatic rings. The topological polar surface area (TPSA) is 109 Å². The van der Waals surface area contributed by atoms with Crippen molar-refractivity contribution in [1.82, 2.24) is 9.47 Å². The molecule has 0 aliphatic carbocycles. The number of rotatable bonds is 10. The first-order valence-electron chi connectivity index (χ1n) is 14.7. The number of esters is 1. The highest BCUT2D eigenvalue weighted by Gasteiger charge is 2.34. The van der Waals surface area contributed by atoms with Crippen molar-refractivity contribution < 1.29 is 28.5 Å². The van der Waals surface area contributed by atoms with Gasteiger partial charge in [0.1, 0.15) is 5.75 Å². The molecule has 0 bridgehead atoms. The minimum Gasteiger partial charge on any atom is -0.497 e. The van der Waals surface area contributed by atoms with Gasteiger partial charge in [-0.05, 0) is 82.0 Å². The van der Waals surface area contributed by atoms with Crippen LogP contribution in [0, 0.1) is 0 Å². The van der Waals surface area contributed by atoms with Gasteiger partial charge in [-0.25, -0.2) is 9.79 Å². The Morgan fingerprint density at radius 3 is 2.45 bits per heavy atom. The summed E-state index contributed by atoms with van der Waals surface area (Å²) in [6.45, 7) is 9.04. The standard InChI is InChI=1S/C33H37N3O7S/c1-6-41-26-17-22(9-14-25(26)42-19-28(37)35-15-7-8-16-35)18-27-31(38)36-30(23-10-12-24(40-5)13-11-23)29(32(39)43-20(2)3)21(4)34-33(36)44-27/h9-14,17-18,20,30H,6-8,15-16,19H2,1-5H3/b27-18+/t30-/m1/s1. The lowest BCUT2D eigenvalue weighted by molar-refractivity contribution is -0.143. The Morgan fingerprint density at radius 1 is 1.07 bits per heavy atom. The first-order valence-corrected chi connectivity index (χ1v) is 15.6. The minimum atomic E-state index is -0.728. The number of aromatic nitrogens is 1. The van der Waals surface area contributed by atoms with E-state index < -0.39 is 12.0 Å². The summed E-state index contributed by atoms with van der Waals surface area (Å²) in [5, 5.41) is 0. The molecule has 1 saturated heterocycles. The molecule has 0 spiro atoms. The Morgan fingerprint density at radius 2 is 1.80 bits per heavy atom. The number of benzene rings is 2. The van der Waals surface area contributed by atoms with Crippen molar-refractivity contribution in [3.63, 3.8) is 0 Å². The SMILES string of the molecule is CCOc1cc(/C=c2/sc3n(c2=O)[C@H](c2ccc(OC)cc2)C(C(=O)OC(C)C)=C(C)N=3)ccc1OCC(=O)N1CCCC1. The molecule has 1 fully saturated rings. The van der Waals surface area contributed by atoms with Gasteiger partial charge in [0.2, 0.25) is 0 Å². The number of allylic oxidation sites excluding steroid dienone is 1. The van der Waals surface area contributed by atoms with Crippen molar-refractivity contribution in [2.45, 2.75) is 52.7 Å². The summed E-state index contributed by atoms with van der Waals surface area (Å²) in [6.07, 6.45) is 3.45. The molecular formula is C33H37N3O7S. The molecule has 0 N–H and O–H groups in total. The van der Waals surface area contributed by atoms with Crippen LogP contribution in [-0.4, -0.2) is 60.9 Å². The van der Waals surface area contributed by atoms with E-state index in [1.54, 1.807) is 62.8 Å². The molecule has 5 rings (SSSR count). The Balaban J connectivity index is 1.52. The van der Waals surface area contributed by atoms with Crippen LogP contribution >= 0.6 is 11.3 Å². The minimum absolute atomic E-state index is 0.0477. The van der Waals surface area contributed by atoms with Crippen LogP contribution in [0.25, 0.3) is 6.08 Å². The second-order valence-corrected chi connectivity index (χ2v) is 11.8. The zero-order chi connectivity index (χ0) is 31.4. The average molecular weight is 620 g/mol. The van der Waals surface area contributed by atoms with Crippen molar-refractivity contribution in [3.05, 3.63) is 84.5 Å². The molecule has 1 aromatic heterocycles. The Bertz CT molecular complexity index is 1750.